The van der Waals surface area contributed by atoms with Crippen LogP contribution in [-0.4, -0.2) is 14.5 Å². The molecule has 0 amide bonds. The van der Waals surface area contributed by atoms with Gasteiger partial charge in [-0.1, -0.05) is 35.9 Å². The molecule has 18 heavy (non-hydrogen) atoms. The lowest BCUT2D eigenvalue weighted by molar-refractivity contribution is 0.281. The molecular weight excluding hydrogens is 224 g/mol. The number of aliphatic hydroxyl groups excluding tert-OH is 1. The Morgan fingerprint density at radius 1 is 1.06 bits per heavy atom. The Morgan fingerprint density at radius 2 is 1.83 bits per heavy atom. The maximum Gasteiger partial charge on any atom is 0.137 e. The van der Waals surface area contributed by atoms with Gasteiger partial charge in [0.25, 0.3) is 0 Å². The zero-order valence-corrected chi connectivity index (χ0v) is 10.2. The summed E-state index contributed by atoms with van der Waals surface area (Å²) in [7, 11) is 0. The Bertz CT molecular complexity index is 683. The molecule has 3 heteroatoms. The number of imidazole rings is 1. The van der Waals surface area contributed by atoms with Crippen molar-refractivity contribution in [1.82, 2.24) is 9.38 Å². The van der Waals surface area contributed by atoms with Crippen molar-refractivity contribution in [2.75, 3.05) is 0 Å². The van der Waals surface area contributed by atoms with E-state index in [-0.39, 0.29) is 6.61 Å². The van der Waals surface area contributed by atoms with Crippen LogP contribution in [0.1, 0.15) is 11.1 Å². The van der Waals surface area contributed by atoms with Gasteiger partial charge in [-0.3, -0.25) is 0 Å². The van der Waals surface area contributed by atoms with Crippen LogP contribution in [0.4, 0.5) is 0 Å². The van der Waals surface area contributed by atoms with Gasteiger partial charge in [0, 0.05) is 18.0 Å². The van der Waals surface area contributed by atoms with Crippen molar-refractivity contribution in [2.24, 2.45) is 0 Å². The van der Waals surface area contributed by atoms with Gasteiger partial charge in [0.05, 0.1) is 12.3 Å². The number of aryl methyl sites for hydroxylation is 1. The zero-order chi connectivity index (χ0) is 12.5. The van der Waals surface area contributed by atoms with Crippen LogP contribution < -0.4 is 0 Å². The number of hydrogen-bond acceptors (Lipinski definition) is 2. The molecule has 3 aromatic rings. The Labute approximate surface area is 105 Å². The maximum atomic E-state index is 9.12. The molecule has 0 saturated heterocycles. The number of nitrogens with zero attached hydrogens (tertiary/aromatic N) is 2. The van der Waals surface area contributed by atoms with Gasteiger partial charge in [-0.15, -0.1) is 0 Å². The molecule has 0 aliphatic heterocycles. The van der Waals surface area contributed by atoms with Crippen molar-refractivity contribution in [3.8, 4) is 11.3 Å². The number of aliphatic hydroxyl groups is 1. The van der Waals surface area contributed by atoms with Crippen LogP contribution in [0.3, 0.4) is 0 Å². The monoisotopic (exact) mass is 238 g/mol. The molecule has 1 N–H and O–H groups in total. The molecule has 0 aliphatic carbocycles. The summed E-state index contributed by atoms with van der Waals surface area (Å²) in [5, 5.41) is 9.12. The van der Waals surface area contributed by atoms with Crippen LogP contribution >= 0.6 is 0 Å². The summed E-state index contributed by atoms with van der Waals surface area (Å²) in [5.41, 5.74) is 5.07. The van der Waals surface area contributed by atoms with Crippen LogP contribution in [0.2, 0.25) is 0 Å². The first-order chi connectivity index (χ1) is 8.76. The van der Waals surface area contributed by atoms with Crippen molar-refractivity contribution in [1.29, 1.82) is 0 Å². The lowest BCUT2D eigenvalue weighted by Crippen LogP contribution is -1.88. The summed E-state index contributed by atoms with van der Waals surface area (Å²) in [6, 6.07) is 12.1. The molecule has 90 valence electrons. The van der Waals surface area contributed by atoms with E-state index in [1.165, 1.54) is 5.56 Å². The van der Waals surface area contributed by atoms with E-state index in [1.54, 1.807) is 0 Å². The summed E-state index contributed by atoms with van der Waals surface area (Å²) in [6.07, 6.45) is 3.89. The summed E-state index contributed by atoms with van der Waals surface area (Å²) >= 11 is 0. The van der Waals surface area contributed by atoms with E-state index in [0.717, 1.165) is 22.5 Å². The van der Waals surface area contributed by atoms with E-state index in [9.17, 15) is 0 Å². The van der Waals surface area contributed by atoms with Gasteiger partial charge in [-0.25, -0.2) is 4.98 Å². The van der Waals surface area contributed by atoms with Crippen molar-refractivity contribution in [3.63, 3.8) is 0 Å². The second-order valence-electron chi connectivity index (χ2n) is 4.45. The largest absolute Gasteiger partial charge is 0.392 e. The molecule has 0 unspecified atom stereocenters. The molecule has 2 aromatic heterocycles. The number of fused-ring (bicyclic) bond motifs is 1. The number of benzene rings is 1. The Hall–Kier alpha value is -2.13. The van der Waals surface area contributed by atoms with Crippen LogP contribution in [0, 0.1) is 6.92 Å². The highest BCUT2D eigenvalue weighted by molar-refractivity contribution is 5.62. The summed E-state index contributed by atoms with van der Waals surface area (Å²) in [4.78, 5) is 4.57. The van der Waals surface area contributed by atoms with Crippen LogP contribution in [0.25, 0.3) is 16.9 Å². The number of pyridine rings is 1. The lowest BCUT2D eigenvalue weighted by Gasteiger charge is -1.96. The summed E-state index contributed by atoms with van der Waals surface area (Å²) in [5.74, 6) is 0. The number of hydrogen-bond donors (Lipinski definition) is 1. The molecule has 3 nitrogen and oxygen atoms in total. The molecule has 2 heterocycles. The SMILES string of the molecule is Cc1ccc(-c2cn3cc(CO)ccc3n2)cc1. The smallest absolute Gasteiger partial charge is 0.137 e. The van der Waals surface area contributed by atoms with Gasteiger partial charge < -0.3 is 9.51 Å². The average molecular weight is 238 g/mol. The normalized spacial score (nSPS) is 11.0. The van der Waals surface area contributed by atoms with E-state index in [1.807, 2.05) is 28.9 Å². The maximum absolute atomic E-state index is 9.12. The van der Waals surface area contributed by atoms with Crippen molar-refractivity contribution in [2.45, 2.75) is 13.5 Å². The molecule has 0 bridgehead atoms. The fourth-order valence-electron chi connectivity index (χ4n) is 1.99. The highest BCUT2D eigenvalue weighted by atomic mass is 16.3. The van der Waals surface area contributed by atoms with Crippen LogP contribution in [0.15, 0.2) is 48.8 Å². The highest BCUT2D eigenvalue weighted by Gasteiger charge is 2.04. The first-order valence-electron chi connectivity index (χ1n) is 5.92. The molecule has 0 saturated carbocycles. The van der Waals surface area contributed by atoms with Gasteiger partial charge in [0.2, 0.25) is 0 Å². The molecule has 1 aromatic carbocycles. The van der Waals surface area contributed by atoms with Crippen LogP contribution in [-0.2, 0) is 6.61 Å². The average Bonchev–Trinajstić information content (AvgIpc) is 2.82. The van der Waals surface area contributed by atoms with Gasteiger partial charge in [-0.2, -0.15) is 0 Å². The fourth-order valence-corrected chi connectivity index (χ4v) is 1.99. The van der Waals surface area contributed by atoms with Crippen LogP contribution in [0.5, 0.6) is 0 Å². The van der Waals surface area contributed by atoms with Gasteiger partial charge in [0.1, 0.15) is 5.65 Å². The van der Waals surface area contributed by atoms with E-state index < -0.39 is 0 Å². The van der Waals surface area contributed by atoms with E-state index in [4.69, 9.17) is 5.11 Å². The van der Waals surface area contributed by atoms with Gasteiger partial charge >= 0.3 is 0 Å². The highest BCUT2D eigenvalue weighted by Crippen LogP contribution is 2.20. The molecule has 0 spiro atoms. The predicted octanol–water partition coefficient (Wildman–Crippen LogP) is 2.80. The third-order valence-electron chi connectivity index (χ3n) is 3.04. The lowest BCUT2D eigenvalue weighted by atomic mass is 10.1. The van der Waals surface area contributed by atoms with E-state index in [2.05, 4.69) is 36.2 Å². The summed E-state index contributed by atoms with van der Waals surface area (Å²) in [6.45, 7) is 2.12. The first-order valence-corrected chi connectivity index (χ1v) is 5.92. The molecule has 0 aliphatic rings. The topological polar surface area (TPSA) is 37.5 Å². The van der Waals surface area contributed by atoms with E-state index >= 15 is 0 Å². The Balaban J connectivity index is 2.10. The quantitative estimate of drug-likeness (QED) is 0.745. The molecule has 3 rings (SSSR count). The van der Waals surface area contributed by atoms with Crippen molar-refractivity contribution < 1.29 is 5.11 Å². The minimum absolute atomic E-state index is 0.0496. The minimum atomic E-state index is 0.0496. The van der Waals surface area contributed by atoms with Crippen molar-refractivity contribution in [3.05, 3.63) is 59.9 Å². The number of rotatable bonds is 2. The molecule has 0 radical (unpaired) electrons. The minimum Gasteiger partial charge on any atom is -0.392 e. The Kier molecular flexibility index (Phi) is 2.61. The first kappa shape index (κ1) is 11.0. The summed E-state index contributed by atoms with van der Waals surface area (Å²) < 4.78 is 1.95. The number of aromatic nitrogens is 2. The fraction of sp³-hybridized carbons (Fsp3) is 0.133. The molecule has 0 atom stereocenters. The Morgan fingerprint density at radius 3 is 2.56 bits per heavy atom. The third kappa shape index (κ3) is 1.89. The predicted molar refractivity (Wildman–Crippen MR) is 71.3 cm³/mol. The van der Waals surface area contributed by atoms with E-state index in [0.29, 0.717) is 0 Å². The van der Waals surface area contributed by atoms with Gasteiger partial charge in [-0.05, 0) is 18.6 Å². The molecular formula is C15H14N2O. The molecule has 0 fully saturated rings. The van der Waals surface area contributed by atoms with Gasteiger partial charge in [0.15, 0.2) is 0 Å². The second-order valence-corrected chi connectivity index (χ2v) is 4.45. The van der Waals surface area contributed by atoms with Crippen molar-refractivity contribution >= 4 is 5.65 Å². The zero-order valence-electron chi connectivity index (χ0n) is 10.2. The third-order valence-corrected chi connectivity index (χ3v) is 3.04. The standard InChI is InChI=1S/C15H14N2O/c1-11-2-5-13(6-3-11)14-9-17-8-12(10-18)4-7-15(17)16-14/h2-9,18H,10H2,1H3. The second kappa shape index (κ2) is 4.27.